The molecule has 1 N–H and O–H groups in total. The number of nitrogens with one attached hydrogen (secondary N) is 1. The molecule has 2 nitrogen and oxygen atoms in total. The highest BCUT2D eigenvalue weighted by Gasteiger charge is 2.12. The largest absolute Gasteiger partial charge is 0.321 e. The Morgan fingerprint density at radius 2 is 1.74 bits per heavy atom. The Morgan fingerprint density at radius 1 is 1.11 bits per heavy atom. The molecule has 1 aromatic heterocycles. The van der Waals surface area contributed by atoms with Crippen LogP contribution in [0.3, 0.4) is 0 Å². The maximum atomic E-state index is 12.3. The first-order chi connectivity index (χ1) is 9.15. The molecule has 100 valence electrons. The summed E-state index contributed by atoms with van der Waals surface area (Å²) in [6.07, 6.45) is 1.85. The Kier molecular flexibility index (Phi) is 4.38. The molecule has 0 aliphatic rings. The van der Waals surface area contributed by atoms with Crippen LogP contribution < -0.4 is 5.32 Å². The third kappa shape index (κ3) is 3.04. The van der Waals surface area contributed by atoms with Crippen LogP contribution >= 0.6 is 11.3 Å². The lowest BCUT2D eigenvalue weighted by molar-refractivity contribution is 0.103. The number of carbonyl (C=O) groups is 1. The summed E-state index contributed by atoms with van der Waals surface area (Å²) in [4.78, 5) is 14.2. The number of aryl methyl sites for hydroxylation is 3. The van der Waals surface area contributed by atoms with Crippen molar-refractivity contribution in [2.45, 2.75) is 33.6 Å². The summed E-state index contributed by atoms with van der Waals surface area (Å²) in [6.45, 7) is 6.23. The Balaban J connectivity index is 2.30. The third-order valence-corrected chi connectivity index (χ3v) is 4.20. The molecule has 0 unspecified atom stereocenters. The quantitative estimate of drug-likeness (QED) is 0.877. The van der Waals surface area contributed by atoms with E-state index >= 15 is 0 Å². The number of rotatable bonds is 4. The van der Waals surface area contributed by atoms with Gasteiger partial charge in [0.1, 0.15) is 0 Å². The number of thiophene rings is 1. The minimum Gasteiger partial charge on any atom is -0.321 e. The molecule has 0 saturated heterocycles. The van der Waals surface area contributed by atoms with Gasteiger partial charge in [-0.05, 0) is 43.0 Å². The molecule has 0 fully saturated rings. The summed E-state index contributed by atoms with van der Waals surface area (Å²) in [7, 11) is 0. The lowest BCUT2D eigenvalue weighted by atomic mass is 10.0. The molecule has 2 rings (SSSR count). The second-order valence-electron chi connectivity index (χ2n) is 4.52. The van der Waals surface area contributed by atoms with E-state index in [1.807, 2.05) is 19.1 Å². The third-order valence-electron chi connectivity index (χ3n) is 3.20. The van der Waals surface area contributed by atoms with E-state index in [0.717, 1.165) is 28.3 Å². The highest BCUT2D eigenvalue weighted by Crippen LogP contribution is 2.24. The predicted molar refractivity (Wildman–Crippen MR) is 82.2 cm³/mol. The highest BCUT2D eigenvalue weighted by molar-refractivity contribution is 7.14. The zero-order chi connectivity index (χ0) is 13.8. The van der Waals surface area contributed by atoms with Crippen molar-refractivity contribution in [3.05, 3.63) is 51.2 Å². The second kappa shape index (κ2) is 6.02. The molecule has 2 aromatic rings. The summed E-state index contributed by atoms with van der Waals surface area (Å²) < 4.78 is 0. The van der Waals surface area contributed by atoms with Crippen LogP contribution in [0.1, 0.15) is 39.5 Å². The monoisotopic (exact) mass is 273 g/mol. The topological polar surface area (TPSA) is 29.1 Å². The minimum absolute atomic E-state index is 0.00583. The van der Waals surface area contributed by atoms with Crippen molar-refractivity contribution in [3.63, 3.8) is 0 Å². The molecule has 0 radical (unpaired) electrons. The minimum atomic E-state index is -0.00583. The number of carbonyl (C=O) groups excluding carboxylic acids is 1. The summed E-state index contributed by atoms with van der Waals surface area (Å²) >= 11 is 1.53. The number of amides is 1. The Morgan fingerprint density at radius 3 is 2.21 bits per heavy atom. The van der Waals surface area contributed by atoms with Gasteiger partial charge < -0.3 is 5.32 Å². The van der Waals surface area contributed by atoms with E-state index in [4.69, 9.17) is 0 Å². The van der Waals surface area contributed by atoms with Gasteiger partial charge in [0.2, 0.25) is 0 Å². The zero-order valence-electron chi connectivity index (χ0n) is 11.6. The number of hydrogen-bond acceptors (Lipinski definition) is 2. The van der Waals surface area contributed by atoms with Crippen LogP contribution in [0.25, 0.3) is 0 Å². The fraction of sp³-hybridized carbons (Fsp3) is 0.312. The van der Waals surface area contributed by atoms with Crippen molar-refractivity contribution in [2.24, 2.45) is 0 Å². The Labute approximate surface area is 118 Å². The van der Waals surface area contributed by atoms with Crippen LogP contribution in [0, 0.1) is 6.92 Å². The number of benzene rings is 1. The van der Waals surface area contributed by atoms with E-state index in [9.17, 15) is 4.79 Å². The van der Waals surface area contributed by atoms with Crippen molar-refractivity contribution in [3.8, 4) is 0 Å². The molecule has 0 atom stereocenters. The van der Waals surface area contributed by atoms with Gasteiger partial charge in [-0.25, -0.2) is 0 Å². The van der Waals surface area contributed by atoms with Crippen molar-refractivity contribution in [1.82, 2.24) is 0 Å². The summed E-state index contributed by atoms with van der Waals surface area (Å²) in [5, 5.41) is 3.08. The van der Waals surface area contributed by atoms with Crippen LogP contribution in [0.2, 0.25) is 0 Å². The van der Waals surface area contributed by atoms with Gasteiger partial charge in [-0.15, -0.1) is 11.3 Å². The lowest BCUT2D eigenvalue weighted by Gasteiger charge is -2.13. The van der Waals surface area contributed by atoms with Crippen molar-refractivity contribution in [1.29, 1.82) is 0 Å². The van der Waals surface area contributed by atoms with Gasteiger partial charge in [0.25, 0.3) is 5.91 Å². The van der Waals surface area contributed by atoms with E-state index in [1.54, 1.807) is 0 Å². The van der Waals surface area contributed by atoms with Crippen LogP contribution in [0.5, 0.6) is 0 Å². The number of hydrogen-bond donors (Lipinski definition) is 1. The summed E-state index contributed by atoms with van der Waals surface area (Å²) in [6, 6.07) is 10.1. The number of anilines is 1. The van der Waals surface area contributed by atoms with Gasteiger partial charge in [0.05, 0.1) is 4.88 Å². The van der Waals surface area contributed by atoms with Crippen LogP contribution in [0.15, 0.2) is 30.3 Å². The lowest BCUT2D eigenvalue weighted by Crippen LogP contribution is -2.13. The van der Waals surface area contributed by atoms with Crippen molar-refractivity contribution >= 4 is 22.9 Å². The molecular formula is C16H19NOS. The fourth-order valence-electron chi connectivity index (χ4n) is 2.13. The first-order valence-corrected chi connectivity index (χ1v) is 7.45. The summed E-state index contributed by atoms with van der Waals surface area (Å²) in [5.41, 5.74) is 3.38. The molecule has 0 aliphatic heterocycles. The van der Waals surface area contributed by atoms with E-state index in [2.05, 4.69) is 37.4 Å². The summed E-state index contributed by atoms with van der Waals surface area (Å²) in [5.74, 6) is -0.00583. The van der Waals surface area contributed by atoms with Gasteiger partial charge in [-0.1, -0.05) is 32.0 Å². The van der Waals surface area contributed by atoms with Crippen molar-refractivity contribution < 1.29 is 4.79 Å². The molecule has 1 amide bonds. The maximum Gasteiger partial charge on any atom is 0.265 e. The molecule has 1 aromatic carbocycles. The second-order valence-corrected chi connectivity index (χ2v) is 5.81. The molecular weight excluding hydrogens is 254 g/mol. The molecule has 0 aliphatic carbocycles. The number of para-hydroxylation sites is 1. The first-order valence-electron chi connectivity index (χ1n) is 6.64. The standard InChI is InChI=1S/C16H19NOS/c1-4-12-7-6-8-13(5-2)15(12)17-16(18)14-10-9-11(3)19-14/h6-10H,4-5H2,1-3H3,(H,17,18). The van der Waals surface area contributed by atoms with Gasteiger partial charge in [-0.3, -0.25) is 4.79 Å². The zero-order valence-corrected chi connectivity index (χ0v) is 12.4. The van der Waals surface area contributed by atoms with E-state index < -0.39 is 0 Å². The SMILES string of the molecule is CCc1cccc(CC)c1NC(=O)c1ccc(C)s1. The predicted octanol–water partition coefficient (Wildman–Crippen LogP) is 4.43. The van der Waals surface area contributed by atoms with Gasteiger partial charge in [0.15, 0.2) is 0 Å². The Hall–Kier alpha value is -1.61. The molecule has 19 heavy (non-hydrogen) atoms. The fourth-order valence-corrected chi connectivity index (χ4v) is 2.90. The maximum absolute atomic E-state index is 12.3. The normalized spacial score (nSPS) is 10.5. The molecule has 3 heteroatoms. The molecule has 0 bridgehead atoms. The average molecular weight is 273 g/mol. The van der Waals surface area contributed by atoms with Crippen LogP contribution in [-0.4, -0.2) is 5.91 Å². The van der Waals surface area contributed by atoms with E-state index in [1.165, 1.54) is 22.5 Å². The smallest absolute Gasteiger partial charge is 0.265 e. The van der Waals surface area contributed by atoms with Crippen LogP contribution in [0.4, 0.5) is 5.69 Å². The van der Waals surface area contributed by atoms with E-state index in [0.29, 0.717) is 0 Å². The van der Waals surface area contributed by atoms with Crippen molar-refractivity contribution in [2.75, 3.05) is 5.32 Å². The van der Waals surface area contributed by atoms with Gasteiger partial charge in [0, 0.05) is 10.6 Å². The highest BCUT2D eigenvalue weighted by atomic mass is 32.1. The molecule has 0 saturated carbocycles. The average Bonchev–Trinajstić information content (AvgIpc) is 2.85. The molecule has 0 spiro atoms. The first kappa shape index (κ1) is 13.8. The van der Waals surface area contributed by atoms with Gasteiger partial charge >= 0.3 is 0 Å². The van der Waals surface area contributed by atoms with Gasteiger partial charge in [-0.2, -0.15) is 0 Å². The van der Waals surface area contributed by atoms with Crippen LogP contribution in [-0.2, 0) is 12.8 Å². The van der Waals surface area contributed by atoms with E-state index in [-0.39, 0.29) is 5.91 Å². The Bertz CT molecular complexity index is 564. The molecule has 1 heterocycles.